The molecule has 1 aliphatic rings. The van der Waals surface area contributed by atoms with Crippen LogP contribution < -0.4 is 4.74 Å². The zero-order valence-electron chi connectivity index (χ0n) is 31.2. The van der Waals surface area contributed by atoms with Crippen LogP contribution in [0.1, 0.15) is 122 Å². The number of ether oxygens (including phenoxy) is 3. The van der Waals surface area contributed by atoms with Crippen molar-refractivity contribution in [2.75, 3.05) is 20.8 Å². The van der Waals surface area contributed by atoms with E-state index in [0.29, 0.717) is 24.0 Å². The molecule has 1 heterocycles. The van der Waals surface area contributed by atoms with Gasteiger partial charge in [-0.2, -0.15) is 0 Å². The number of unbranched alkanes of at least 4 members (excludes halogenated alkanes) is 2. The van der Waals surface area contributed by atoms with E-state index in [9.17, 15) is 9.90 Å². The van der Waals surface area contributed by atoms with Gasteiger partial charge in [-0.1, -0.05) is 83.4 Å². The fraction of sp³-hybridized carbons (Fsp3) is 0.585. The molecule has 4 rings (SSSR count). The third-order valence-electron chi connectivity index (χ3n) is 10.9. The average Bonchev–Trinajstić information content (AvgIpc) is 3.69. The molecule has 0 radical (unpaired) electrons. The quantitative estimate of drug-likeness (QED) is 0.0805. The summed E-state index contributed by atoms with van der Waals surface area (Å²) in [7, 11) is 1.05. The zero-order chi connectivity index (χ0) is 35.7. The van der Waals surface area contributed by atoms with Crippen molar-refractivity contribution in [3.05, 3.63) is 87.1 Å². The minimum atomic E-state index is -2.05. The second-order valence-corrected chi connectivity index (χ2v) is 21.4. The SMILES string of the molecule is CCCCCC(OCc1ccc(OC)cc1)c1ccc([C@@H]2[C@@H](CCCc3ccc(C(=O)OC)s3)CCC2(O)CO[Si](C)(C)C(C)(C)C)cc1. The highest BCUT2D eigenvalue weighted by molar-refractivity contribution is 7.13. The molecule has 1 N–H and O–H groups in total. The number of carbonyl (C=O) groups excluding carboxylic acids is 1. The Hall–Kier alpha value is -2.49. The fourth-order valence-electron chi connectivity index (χ4n) is 6.80. The molecule has 4 atom stereocenters. The van der Waals surface area contributed by atoms with Gasteiger partial charge >= 0.3 is 5.97 Å². The van der Waals surface area contributed by atoms with E-state index in [1.165, 1.54) is 47.3 Å². The summed E-state index contributed by atoms with van der Waals surface area (Å²) in [4.78, 5) is 13.8. The Morgan fingerprint density at radius 1 is 1.00 bits per heavy atom. The van der Waals surface area contributed by atoms with Gasteiger partial charge in [0.05, 0.1) is 39.1 Å². The van der Waals surface area contributed by atoms with Crippen LogP contribution in [0.25, 0.3) is 0 Å². The normalized spacial score (nSPS) is 20.3. The van der Waals surface area contributed by atoms with Gasteiger partial charge in [0.2, 0.25) is 0 Å². The standard InChI is InChI=1S/C41H60O6SSi/c1-9-10-11-15-36(46-28-30-16-22-34(44-5)23-17-30)31-18-20-33(21-19-31)38-32(13-12-14-35-24-25-37(48-35)39(42)45-6)26-27-41(38,43)29-47-49(7,8)40(2,3)4/h16-25,32,36,38,43H,9-15,26-29H2,1-8H3/t32-,36?,38-,41?/m0/s1. The van der Waals surface area contributed by atoms with Crippen molar-refractivity contribution in [2.24, 2.45) is 5.92 Å². The van der Waals surface area contributed by atoms with E-state index >= 15 is 0 Å². The van der Waals surface area contributed by atoms with E-state index < -0.39 is 13.9 Å². The van der Waals surface area contributed by atoms with E-state index in [0.717, 1.165) is 56.3 Å². The molecule has 270 valence electrons. The molecule has 0 spiro atoms. The number of thiophene rings is 1. The summed E-state index contributed by atoms with van der Waals surface area (Å²) in [6.07, 6.45) is 9.05. The number of hydrogen-bond donors (Lipinski definition) is 1. The third kappa shape index (κ3) is 10.5. The van der Waals surface area contributed by atoms with Crippen LogP contribution in [0.2, 0.25) is 18.1 Å². The Morgan fingerprint density at radius 3 is 2.35 bits per heavy atom. The van der Waals surface area contributed by atoms with Crippen molar-refractivity contribution in [3.8, 4) is 5.75 Å². The molecule has 0 aliphatic heterocycles. The first-order valence-corrected chi connectivity index (χ1v) is 21.9. The minimum Gasteiger partial charge on any atom is -0.497 e. The number of aryl methyl sites for hydroxylation is 1. The fourth-order valence-corrected chi connectivity index (χ4v) is 8.81. The summed E-state index contributed by atoms with van der Waals surface area (Å²) >= 11 is 1.52. The van der Waals surface area contributed by atoms with Crippen LogP contribution in [0.3, 0.4) is 0 Å². The topological polar surface area (TPSA) is 74.2 Å². The molecule has 3 aromatic rings. The zero-order valence-corrected chi connectivity index (χ0v) is 33.0. The average molecular weight is 709 g/mol. The maximum absolute atomic E-state index is 12.4. The van der Waals surface area contributed by atoms with Gasteiger partial charge in [0.15, 0.2) is 8.32 Å². The summed E-state index contributed by atoms with van der Waals surface area (Å²) < 4.78 is 23.5. The van der Waals surface area contributed by atoms with Crippen molar-refractivity contribution < 1.29 is 28.5 Å². The monoisotopic (exact) mass is 708 g/mol. The first kappa shape index (κ1) is 39.3. The summed E-state index contributed by atoms with van der Waals surface area (Å²) in [5.74, 6) is 0.892. The van der Waals surface area contributed by atoms with Crippen LogP contribution in [0.15, 0.2) is 60.7 Å². The maximum atomic E-state index is 12.4. The molecule has 1 aromatic heterocycles. The molecule has 0 bridgehead atoms. The lowest BCUT2D eigenvalue weighted by Crippen LogP contribution is -2.47. The first-order chi connectivity index (χ1) is 23.3. The molecule has 1 fully saturated rings. The van der Waals surface area contributed by atoms with Gasteiger partial charge in [0.25, 0.3) is 0 Å². The van der Waals surface area contributed by atoms with E-state index in [1.54, 1.807) is 7.11 Å². The lowest BCUT2D eigenvalue weighted by Gasteiger charge is -2.41. The van der Waals surface area contributed by atoms with Crippen LogP contribution >= 0.6 is 11.3 Å². The van der Waals surface area contributed by atoms with Crippen LogP contribution in [0.4, 0.5) is 0 Å². The van der Waals surface area contributed by atoms with Crippen LogP contribution in [-0.2, 0) is 26.9 Å². The lowest BCUT2D eigenvalue weighted by atomic mass is 9.78. The number of carbonyl (C=O) groups is 1. The van der Waals surface area contributed by atoms with Crippen LogP contribution in [0, 0.1) is 5.92 Å². The second-order valence-electron chi connectivity index (χ2n) is 15.4. The molecule has 2 unspecified atom stereocenters. The Morgan fingerprint density at radius 2 is 1.71 bits per heavy atom. The number of methoxy groups -OCH3 is 2. The van der Waals surface area contributed by atoms with E-state index in [4.69, 9.17) is 18.6 Å². The minimum absolute atomic E-state index is 0.00329. The van der Waals surface area contributed by atoms with E-state index in [-0.39, 0.29) is 23.0 Å². The molecule has 1 aliphatic carbocycles. The first-order valence-electron chi connectivity index (χ1n) is 18.2. The largest absolute Gasteiger partial charge is 0.497 e. The van der Waals surface area contributed by atoms with Crippen molar-refractivity contribution in [1.82, 2.24) is 0 Å². The summed E-state index contributed by atoms with van der Waals surface area (Å²) in [6, 6.07) is 20.9. The van der Waals surface area contributed by atoms with Gasteiger partial charge in [0, 0.05) is 10.8 Å². The predicted molar refractivity (Wildman–Crippen MR) is 203 cm³/mol. The van der Waals surface area contributed by atoms with Crippen LogP contribution in [-0.4, -0.2) is 45.8 Å². The molecule has 2 aromatic carbocycles. The van der Waals surface area contributed by atoms with Crippen molar-refractivity contribution in [2.45, 2.75) is 128 Å². The second kappa shape index (κ2) is 17.6. The smallest absolute Gasteiger partial charge is 0.348 e. The molecule has 8 heteroatoms. The van der Waals surface area contributed by atoms with Gasteiger partial charge in [-0.15, -0.1) is 11.3 Å². The number of benzene rings is 2. The van der Waals surface area contributed by atoms with Gasteiger partial charge in [-0.3, -0.25) is 0 Å². The van der Waals surface area contributed by atoms with E-state index in [1.807, 2.05) is 24.3 Å². The van der Waals surface area contributed by atoms with Crippen molar-refractivity contribution in [1.29, 1.82) is 0 Å². The van der Waals surface area contributed by atoms with E-state index in [2.05, 4.69) is 77.2 Å². The van der Waals surface area contributed by atoms with Gasteiger partial charge < -0.3 is 23.7 Å². The lowest BCUT2D eigenvalue weighted by molar-refractivity contribution is -0.0231. The predicted octanol–water partition coefficient (Wildman–Crippen LogP) is 10.7. The molecule has 0 amide bonds. The highest BCUT2D eigenvalue weighted by Crippen LogP contribution is 2.50. The summed E-state index contributed by atoms with van der Waals surface area (Å²) in [5, 5.41) is 12.5. The molecular weight excluding hydrogens is 649 g/mol. The Balaban J connectivity index is 1.53. The van der Waals surface area contributed by atoms with Crippen molar-refractivity contribution in [3.63, 3.8) is 0 Å². The summed E-state index contributed by atoms with van der Waals surface area (Å²) in [5.41, 5.74) is 2.57. The number of rotatable bonds is 18. The highest BCUT2D eigenvalue weighted by Gasteiger charge is 2.49. The maximum Gasteiger partial charge on any atom is 0.348 e. The highest BCUT2D eigenvalue weighted by atomic mass is 32.1. The molecule has 49 heavy (non-hydrogen) atoms. The molecule has 1 saturated carbocycles. The van der Waals surface area contributed by atoms with Gasteiger partial charge in [0.1, 0.15) is 10.6 Å². The van der Waals surface area contributed by atoms with Crippen LogP contribution in [0.5, 0.6) is 5.75 Å². The summed E-state index contributed by atoms with van der Waals surface area (Å²) in [6.45, 7) is 14.4. The Bertz CT molecular complexity index is 1440. The number of esters is 1. The van der Waals surface area contributed by atoms with Gasteiger partial charge in [-0.05, 0) is 104 Å². The molecule has 6 nitrogen and oxygen atoms in total. The number of aliphatic hydroxyl groups is 1. The van der Waals surface area contributed by atoms with Gasteiger partial charge in [-0.25, -0.2) is 4.79 Å². The molecular formula is C41H60O6SSi. The number of hydrogen-bond acceptors (Lipinski definition) is 7. The van der Waals surface area contributed by atoms with Crippen molar-refractivity contribution >= 4 is 25.6 Å². The Kier molecular flexibility index (Phi) is 14.1. The molecule has 0 saturated heterocycles. The Labute approximate surface area is 300 Å². The third-order valence-corrected chi connectivity index (χ3v) is 16.5.